The lowest BCUT2D eigenvalue weighted by molar-refractivity contribution is -0.153. The highest BCUT2D eigenvalue weighted by Gasteiger charge is 2.40. The molecule has 1 unspecified atom stereocenters. The number of Topliss-reactive ketones (excluding diaryl/α,β-unsaturated/α-hetero) is 1. The van der Waals surface area contributed by atoms with Crippen LogP contribution < -0.4 is 10.6 Å². The van der Waals surface area contributed by atoms with Gasteiger partial charge in [-0.3, -0.25) is 4.79 Å². The summed E-state index contributed by atoms with van der Waals surface area (Å²) in [6.07, 6.45) is -0.191. The van der Waals surface area contributed by atoms with Crippen LogP contribution in [0.1, 0.15) is 24.6 Å². The van der Waals surface area contributed by atoms with E-state index < -0.39 is 24.6 Å². The molecule has 0 bridgehead atoms. The maximum absolute atomic E-state index is 14.7. The SMILES string of the molecule is CCOC(=O)C(=O)CC(c1ccccc1)P(=O)(c1ccccc1)c1ccccc1. The maximum Gasteiger partial charge on any atom is 0.374 e. The van der Waals surface area contributed by atoms with E-state index in [1.54, 1.807) is 6.92 Å². The molecule has 0 aromatic heterocycles. The van der Waals surface area contributed by atoms with Gasteiger partial charge >= 0.3 is 5.97 Å². The molecule has 0 saturated heterocycles. The van der Waals surface area contributed by atoms with Crippen LogP contribution in [0.5, 0.6) is 0 Å². The van der Waals surface area contributed by atoms with Gasteiger partial charge in [-0.1, -0.05) is 91.0 Å². The van der Waals surface area contributed by atoms with E-state index >= 15 is 0 Å². The van der Waals surface area contributed by atoms with Crippen LogP contribution in [0.2, 0.25) is 0 Å². The molecule has 3 rings (SSSR count). The summed E-state index contributed by atoms with van der Waals surface area (Å²) in [5.41, 5.74) is 0.0756. The molecule has 5 heteroatoms. The predicted octanol–water partition coefficient (Wildman–Crippen LogP) is 4.26. The second kappa shape index (κ2) is 9.49. The highest BCUT2D eigenvalue weighted by atomic mass is 31.2. The average Bonchev–Trinajstić information content (AvgIpc) is 2.78. The second-order valence-electron chi connectivity index (χ2n) is 6.60. The van der Waals surface area contributed by atoms with Crippen LogP contribution in [0.4, 0.5) is 0 Å². The number of hydrogen-bond acceptors (Lipinski definition) is 4. The largest absolute Gasteiger partial charge is 0.460 e. The topological polar surface area (TPSA) is 60.4 Å². The third kappa shape index (κ3) is 4.55. The van der Waals surface area contributed by atoms with Gasteiger partial charge in [-0.25, -0.2) is 4.79 Å². The van der Waals surface area contributed by atoms with E-state index in [0.717, 1.165) is 5.56 Å². The van der Waals surface area contributed by atoms with Gasteiger partial charge in [0.1, 0.15) is 0 Å². The third-order valence-electron chi connectivity index (χ3n) is 4.78. The van der Waals surface area contributed by atoms with Gasteiger partial charge in [0, 0.05) is 17.0 Å². The van der Waals surface area contributed by atoms with E-state index in [1.807, 2.05) is 91.0 Å². The monoisotopic (exact) mass is 406 g/mol. The quantitative estimate of drug-likeness (QED) is 0.319. The minimum absolute atomic E-state index is 0.121. The van der Waals surface area contributed by atoms with Crippen molar-refractivity contribution < 1.29 is 18.9 Å². The predicted molar refractivity (Wildman–Crippen MR) is 115 cm³/mol. The molecule has 0 amide bonds. The van der Waals surface area contributed by atoms with Crippen molar-refractivity contribution in [1.82, 2.24) is 0 Å². The minimum Gasteiger partial charge on any atom is -0.460 e. The molecule has 0 aliphatic heterocycles. The molecule has 0 N–H and O–H groups in total. The normalized spacial score (nSPS) is 12.2. The highest BCUT2D eigenvalue weighted by molar-refractivity contribution is 7.79. The van der Waals surface area contributed by atoms with E-state index in [-0.39, 0.29) is 13.0 Å². The third-order valence-corrected chi connectivity index (χ3v) is 8.27. The first-order chi connectivity index (χ1) is 14.1. The Bertz CT molecular complexity index is 957. The second-order valence-corrected chi connectivity index (χ2v) is 9.58. The fourth-order valence-electron chi connectivity index (χ4n) is 3.41. The van der Waals surface area contributed by atoms with Crippen LogP contribution >= 0.6 is 7.14 Å². The minimum atomic E-state index is -3.30. The van der Waals surface area contributed by atoms with E-state index in [0.29, 0.717) is 10.6 Å². The van der Waals surface area contributed by atoms with Crippen LogP contribution in [0.3, 0.4) is 0 Å². The Labute approximate surface area is 170 Å². The van der Waals surface area contributed by atoms with Crippen LogP contribution in [-0.2, 0) is 18.9 Å². The molecule has 1 atom stereocenters. The Morgan fingerprint density at radius 3 is 1.69 bits per heavy atom. The molecule has 0 aliphatic carbocycles. The van der Waals surface area contributed by atoms with Crippen LogP contribution in [-0.4, -0.2) is 18.4 Å². The summed E-state index contributed by atoms with van der Waals surface area (Å²) in [5.74, 6) is -1.56. The van der Waals surface area contributed by atoms with E-state index in [2.05, 4.69) is 0 Å². The van der Waals surface area contributed by atoms with Crippen molar-refractivity contribution in [2.24, 2.45) is 0 Å². The lowest BCUT2D eigenvalue weighted by Gasteiger charge is -2.28. The lowest BCUT2D eigenvalue weighted by Crippen LogP contribution is -2.26. The van der Waals surface area contributed by atoms with Gasteiger partial charge in [0.25, 0.3) is 0 Å². The number of ketones is 1. The molecule has 0 spiro atoms. The molecule has 3 aromatic rings. The Kier molecular flexibility index (Phi) is 6.79. The first-order valence-electron chi connectivity index (χ1n) is 9.53. The van der Waals surface area contributed by atoms with Gasteiger partial charge in [0.15, 0.2) is 7.14 Å². The van der Waals surface area contributed by atoms with E-state index in [1.165, 1.54) is 0 Å². The average molecular weight is 406 g/mol. The van der Waals surface area contributed by atoms with E-state index in [9.17, 15) is 14.2 Å². The summed E-state index contributed by atoms with van der Waals surface area (Å²) in [7, 11) is -3.30. The number of ether oxygens (including phenoxy) is 1. The molecule has 0 saturated carbocycles. The molecular weight excluding hydrogens is 383 g/mol. The molecule has 0 radical (unpaired) electrons. The number of rotatable bonds is 8. The van der Waals surface area contributed by atoms with Gasteiger partial charge in [-0.15, -0.1) is 0 Å². The van der Waals surface area contributed by atoms with Gasteiger partial charge in [-0.2, -0.15) is 0 Å². The first kappa shape index (κ1) is 20.8. The first-order valence-corrected chi connectivity index (χ1v) is 11.3. The maximum atomic E-state index is 14.7. The summed E-state index contributed by atoms with van der Waals surface area (Å²) in [4.78, 5) is 24.7. The van der Waals surface area contributed by atoms with Crippen LogP contribution in [0.15, 0.2) is 91.0 Å². The van der Waals surface area contributed by atoms with Crippen molar-refractivity contribution in [3.05, 3.63) is 96.6 Å². The van der Waals surface area contributed by atoms with Crippen molar-refractivity contribution in [3.63, 3.8) is 0 Å². The molecule has 29 heavy (non-hydrogen) atoms. The van der Waals surface area contributed by atoms with Gasteiger partial charge in [0.05, 0.1) is 12.3 Å². The fourth-order valence-corrected chi connectivity index (χ4v) is 6.67. The molecule has 148 valence electrons. The lowest BCUT2D eigenvalue weighted by atomic mass is 10.1. The summed E-state index contributed by atoms with van der Waals surface area (Å²) >= 11 is 0. The summed E-state index contributed by atoms with van der Waals surface area (Å²) in [6.45, 7) is 1.77. The fraction of sp³-hybridized carbons (Fsp3) is 0.167. The number of hydrogen-bond donors (Lipinski definition) is 0. The summed E-state index contributed by atoms with van der Waals surface area (Å²) in [6, 6.07) is 27.6. The zero-order chi connectivity index (χ0) is 20.7. The zero-order valence-electron chi connectivity index (χ0n) is 16.2. The van der Waals surface area contributed by atoms with Crippen LogP contribution in [0.25, 0.3) is 0 Å². The van der Waals surface area contributed by atoms with Gasteiger partial charge in [0.2, 0.25) is 5.78 Å². The Morgan fingerprint density at radius 1 is 0.793 bits per heavy atom. The van der Waals surface area contributed by atoms with Crippen LogP contribution in [0, 0.1) is 0 Å². The van der Waals surface area contributed by atoms with Crippen molar-refractivity contribution in [3.8, 4) is 0 Å². The molecular formula is C24H23O4P. The molecule has 4 nitrogen and oxygen atoms in total. The smallest absolute Gasteiger partial charge is 0.374 e. The highest BCUT2D eigenvalue weighted by Crippen LogP contribution is 2.58. The number of benzene rings is 3. The molecule has 0 heterocycles. The number of esters is 1. The number of carbonyl (C=O) groups excluding carboxylic acids is 2. The van der Waals surface area contributed by atoms with E-state index in [4.69, 9.17) is 4.74 Å². The van der Waals surface area contributed by atoms with Crippen molar-refractivity contribution in [1.29, 1.82) is 0 Å². The number of carbonyl (C=O) groups is 2. The summed E-state index contributed by atoms with van der Waals surface area (Å²) < 4.78 is 19.6. The van der Waals surface area contributed by atoms with Crippen molar-refractivity contribution in [2.75, 3.05) is 6.61 Å². The zero-order valence-corrected chi connectivity index (χ0v) is 17.1. The van der Waals surface area contributed by atoms with Crippen molar-refractivity contribution in [2.45, 2.75) is 19.0 Å². The molecule has 0 aliphatic rings. The van der Waals surface area contributed by atoms with Gasteiger partial charge in [-0.05, 0) is 12.5 Å². The standard InChI is InChI=1S/C24H23O4P/c1-2-28-24(26)22(25)18-23(19-12-6-3-7-13-19)29(27,20-14-8-4-9-15-20)21-16-10-5-11-17-21/h3-17,23H,2,18H2,1H3. The Morgan fingerprint density at radius 2 is 1.24 bits per heavy atom. The summed E-state index contributed by atoms with van der Waals surface area (Å²) in [5, 5.41) is 1.30. The van der Waals surface area contributed by atoms with Crippen molar-refractivity contribution >= 4 is 29.5 Å². The Hall–Kier alpha value is -2.97. The molecule has 3 aromatic carbocycles. The molecule has 0 fully saturated rings. The Balaban J connectivity index is 2.17. The van der Waals surface area contributed by atoms with Gasteiger partial charge < -0.3 is 9.30 Å².